The van der Waals surface area contributed by atoms with Crippen LogP contribution >= 0.6 is 12.6 Å². The Kier molecular flexibility index (Phi) is 4.03. The van der Waals surface area contributed by atoms with E-state index in [2.05, 4.69) is 28.3 Å². The van der Waals surface area contributed by atoms with Crippen LogP contribution in [0.5, 0.6) is 0 Å². The van der Waals surface area contributed by atoms with E-state index in [1.54, 1.807) is 0 Å². The summed E-state index contributed by atoms with van der Waals surface area (Å²) in [5.41, 5.74) is 0.227. The summed E-state index contributed by atoms with van der Waals surface area (Å²) in [6.07, 6.45) is 3.60. The molecule has 0 radical (unpaired) electrons. The second-order valence-corrected chi connectivity index (χ2v) is 6.42. The third-order valence-corrected chi connectivity index (χ3v) is 3.51. The van der Waals surface area contributed by atoms with Crippen LogP contribution in [-0.2, 0) is 11.3 Å². The maximum atomic E-state index is 11.5. The SMILES string of the molecule is CC(C)(C)OC(=O)NCc1cn(C2CCC2S)nn1. The fourth-order valence-corrected chi connectivity index (χ4v) is 2.24. The van der Waals surface area contributed by atoms with Gasteiger partial charge in [-0.15, -0.1) is 5.10 Å². The summed E-state index contributed by atoms with van der Waals surface area (Å²) in [4.78, 5) is 11.5. The molecule has 1 aliphatic carbocycles. The Labute approximate surface area is 118 Å². The molecule has 2 rings (SSSR count). The molecule has 0 bridgehead atoms. The van der Waals surface area contributed by atoms with Crippen molar-refractivity contribution < 1.29 is 9.53 Å². The van der Waals surface area contributed by atoms with Crippen molar-refractivity contribution in [1.29, 1.82) is 0 Å². The molecule has 1 N–H and O–H groups in total. The number of nitrogens with zero attached hydrogens (tertiary/aromatic N) is 3. The fourth-order valence-electron chi connectivity index (χ4n) is 1.81. The van der Waals surface area contributed by atoms with Crippen LogP contribution in [0.1, 0.15) is 45.3 Å². The van der Waals surface area contributed by atoms with E-state index >= 15 is 0 Å². The molecule has 1 aliphatic rings. The molecular formula is C12H20N4O2S. The maximum Gasteiger partial charge on any atom is 0.407 e. The Morgan fingerprint density at radius 3 is 2.84 bits per heavy atom. The first-order valence-corrected chi connectivity index (χ1v) is 6.92. The fraction of sp³-hybridized carbons (Fsp3) is 0.750. The van der Waals surface area contributed by atoms with Crippen LogP contribution in [0.25, 0.3) is 0 Å². The number of hydrogen-bond donors (Lipinski definition) is 2. The number of alkyl carbamates (subject to hydrolysis) is 1. The monoisotopic (exact) mass is 284 g/mol. The molecule has 106 valence electrons. The van der Waals surface area contributed by atoms with Gasteiger partial charge in [0.25, 0.3) is 0 Å². The van der Waals surface area contributed by atoms with Gasteiger partial charge in [-0.25, -0.2) is 9.48 Å². The molecule has 2 atom stereocenters. The minimum absolute atomic E-state index is 0.318. The first kappa shape index (κ1) is 14.2. The summed E-state index contributed by atoms with van der Waals surface area (Å²) in [5, 5.41) is 11.1. The molecule has 1 saturated carbocycles. The van der Waals surface area contributed by atoms with Crippen LogP contribution in [0.3, 0.4) is 0 Å². The minimum Gasteiger partial charge on any atom is -0.444 e. The first-order valence-electron chi connectivity index (χ1n) is 6.41. The summed E-state index contributed by atoms with van der Waals surface area (Å²) in [6.45, 7) is 5.80. The number of thiol groups is 1. The third kappa shape index (κ3) is 3.86. The molecule has 1 aromatic heterocycles. The second kappa shape index (κ2) is 5.40. The van der Waals surface area contributed by atoms with Gasteiger partial charge in [-0.2, -0.15) is 12.6 Å². The van der Waals surface area contributed by atoms with Crippen molar-refractivity contribution in [3.05, 3.63) is 11.9 Å². The largest absolute Gasteiger partial charge is 0.444 e. The van der Waals surface area contributed by atoms with Crippen LogP contribution < -0.4 is 5.32 Å². The molecule has 0 spiro atoms. The normalized spacial score (nSPS) is 22.7. The average Bonchev–Trinajstić information content (AvgIpc) is 2.70. The number of rotatable bonds is 3. The Bertz CT molecular complexity index is 455. The van der Waals surface area contributed by atoms with Crippen molar-refractivity contribution in [2.75, 3.05) is 0 Å². The average molecular weight is 284 g/mol. The van der Waals surface area contributed by atoms with Crippen LogP contribution in [0.4, 0.5) is 4.79 Å². The number of ether oxygens (including phenoxy) is 1. The number of amides is 1. The molecule has 1 aromatic rings. The van der Waals surface area contributed by atoms with Gasteiger partial charge in [-0.3, -0.25) is 0 Å². The van der Waals surface area contributed by atoms with Gasteiger partial charge in [0.2, 0.25) is 0 Å². The highest BCUT2D eigenvalue weighted by atomic mass is 32.1. The van der Waals surface area contributed by atoms with E-state index in [1.165, 1.54) is 0 Å². The van der Waals surface area contributed by atoms with Gasteiger partial charge in [0, 0.05) is 5.25 Å². The lowest BCUT2D eigenvalue weighted by Gasteiger charge is -2.32. The summed E-state index contributed by atoms with van der Waals surface area (Å²) >= 11 is 4.45. The third-order valence-electron chi connectivity index (χ3n) is 2.91. The molecule has 0 aliphatic heterocycles. The Hall–Kier alpha value is -1.24. The molecule has 6 nitrogen and oxygen atoms in total. The molecule has 1 amide bonds. The number of aromatic nitrogens is 3. The van der Waals surface area contributed by atoms with Gasteiger partial charge >= 0.3 is 6.09 Å². The summed E-state index contributed by atoms with van der Waals surface area (Å²) in [7, 11) is 0. The van der Waals surface area contributed by atoms with Crippen molar-refractivity contribution in [2.45, 2.75) is 57.1 Å². The second-order valence-electron chi connectivity index (χ2n) is 5.76. The Morgan fingerprint density at radius 2 is 2.32 bits per heavy atom. The van der Waals surface area contributed by atoms with Gasteiger partial charge in [-0.1, -0.05) is 5.21 Å². The predicted molar refractivity (Wildman–Crippen MR) is 74.1 cm³/mol. The Morgan fingerprint density at radius 1 is 1.58 bits per heavy atom. The van der Waals surface area contributed by atoms with E-state index in [0.29, 0.717) is 17.8 Å². The van der Waals surface area contributed by atoms with Crippen molar-refractivity contribution in [3.63, 3.8) is 0 Å². The number of nitrogens with one attached hydrogen (secondary N) is 1. The lowest BCUT2D eigenvalue weighted by Crippen LogP contribution is -2.32. The summed E-state index contributed by atoms with van der Waals surface area (Å²) in [6, 6.07) is 0.325. The zero-order valence-corrected chi connectivity index (χ0v) is 12.4. The van der Waals surface area contributed by atoms with Gasteiger partial charge in [0.05, 0.1) is 18.8 Å². The summed E-state index contributed by atoms with van der Waals surface area (Å²) < 4.78 is 6.97. The van der Waals surface area contributed by atoms with Crippen LogP contribution in [0.15, 0.2) is 6.20 Å². The topological polar surface area (TPSA) is 69.0 Å². The van der Waals surface area contributed by atoms with Gasteiger partial charge < -0.3 is 10.1 Å². The van der Waals surface area contributed by atoms with Crippen LogP contribution in [-0.4, -0.2) is 31.9 Å². The maximum absolute atomic E-state index is 11.5. The number of hydrogen-bond acceptors (Lipinski definition) is 5. The van der Waals surface area contributed by atoms with Crippen LogP contribution in [0, 0.1) is 0 Å². The molecule has 0 saturated heterocycles. The number of carbonyl (C=O) groups excluding carboxylic acids is 1. The lowest BCUT2D eigenvalue weighted by atomic mass is 9.92. The standard InChI is InChI=1S/C12H20N4O2S/c1-12(2,3)18-11(17)13-6-8-7-16(15-14-8)9-4-5-10(9)19/h7,9-10,19H,4-6H2,1-3H3,(H,13,17). The van der Waals surface area contributed by atoms with Crippen molar-refractivity contribution >= 4 is 18.7 Å². The van der Waals surface area contributed by atoms with E-state index in [0.717, 1.165) is 18.5 Å². The Balaban J connectivity index is 1.82. The van der Waals surface area contributed by atoms with Crippen molar-refractivity contribution in [3.8, 4) is 0 Å². The summed E-state index contributed by atoms with van der Waals surface area (Å²) in [5.74, 6) is 0. The van der Waals surface area contributed by atoms with E-state index < -0.39 is 11.7 Å². The smallest absolute Gasteiger partial charge is 0.407 e. The quantitative estimate of drug-likeness (QED) is 0.832. The number of carbonyl (C=O) groups is 1. The van der Waals surface area contributed by atoms with E-state index in [-0.39, 0.29) is 0 Å². The van der Waals surface area contributed by atoms with Crippen molar-refractivity contribution in [2.24, 2.45) is 0 Å². The molecule has 1 fully saturated rings. The van der Waals surface area contributed by atoms with Gasteiger partial charge in [0.15, 0.2) is 0 Å². The van der Waals surface area contributed by atoms with E-state index in [4.69, 9.17) is 4.74 Å². The molecular weight excluding hydrogens is 264 g/mol. The molecule has 0 aromatic carbocycles. The van der Waals surface area contributed by atoms with Gasteiger partial charge in [0.1, 0.15) is 11.3 Å². The van der Waals surface area contributed by atoms with E-state index in [9.17, 15) is 4.79 Å². The minimum atomic E-state index is -0.493. The molecule has 2 unspecified atom stereocenters. The van der Waals surface area contributed by atoms with E-state index in [1.807, 2.05) is 31.6 Å². The molecule has 19 heavy (non-hydrogen) atoms. The van der Waals surface area contributed by atoms with Crippen LogP contribution in [0.2, 0.25) is 0 Å². The van der Waals surface area contributed by atoms with Gasteiger partial charge in [-0.05, 0) is 33.6 Å². The van der Waals surface area contributed by atoms with Crippen molar-refractivity contribution in [1.82, 2.24) is 20.3 Å². The lowest BCUT2D eigenvalue weighted by molar-refractivity contribution is 0.0523. The highest BCUT2D eigenvalue weighted by Crippen LogP contribution is 2.35. The first-order chi connectivity index (χ1) is 8.85. The molecule has 1 heterocycles. The zero-order valence-electron chi connectivity index (χ0n) is 11.5. The highest BCUT2D eigenvalue weighted by molar-refractivity contribution is 7.81. The highest BCUT2D eigenvalue weighted by Gasteiger charge is 2.30. The zero-order chi connectivity index (χ0) is 14.0. The predicted octanol–water partition coefficient (Wildman–Crippen LogP) is 1.94. The molecule has 7 heteroatoms.